The average Bonchev–Trinajstić information content (AvgIpc) is 2.17. The van der Waals surface area contributed by atoms with E-state index in [1.165, 1.54) is 0 Å². The van der Waals surface area contributed by atoms with Crippen LogP contribution in [-0.2, 0) is 8.85 Å². The summed E-state index contributed by atoms with van der Waals surface area (Å²) in [6.45, 7) is 5.91. The Morgan fingerprint density at radius 3 is 2.23 bits per heavy atom. The number of nitrogens with zero attached hydrogens (tertiary/aromatic N) is 1. The van der Waals surface area contributed by atoms with Crippen LogP contribution >= 0.6 is 0 Å². The second-order valence-corrected chi connectivity index (χ2v) is 6.86. The van der Waals surface area contributed by atoms with Crippen molar-refractivity contribution in [2.45, 2.75) is 25.9 Å². The summed E-state index contributed by atoms with van der Waals surface area (Å²) in [6.07, 6.45) is 1.04. The Labute approximate surface area is 82.2 Å². The molecule has 4 nitrogen and oxygen atoms in total. The van der Waals surface area contributed by atoms with Crippen molar-refractivity contribution in [2.75, 3.05) is 27.3 Å². The third-order valence-corrected chi connectivity index (χ3v) is 5.33. The lowest BCUT2D eigenvalue weighted by molar-refractivity contribution is 0.241. The third-order valence-electron chi connectivity index (χ3n) is 2.35. The van der Waals surface area contributed by atoms with Gasteiger partial charge in [-0.2, -0.15) is 0 Å². The zero-order valence-corrected chi connectivity index (χ0v) is 10.2. The number of hydrazine groups is 1. The van der Waals surface area contributed by atoms with Gasteiger partial charge in [0.1, 0.15) is 0 Å². The van der Waals surface area contributed by atoms with Gasteiger partial charge in [0.15, 0.2) is 0 Å². The van der Waals surface area contributed by atoms with Crippen molar-refractivity contribution in [3.8, 4) is 0 Å². The van der Waals surface area contributed by atoms with Gasteiger partial charge in [-0.1, -0.05) is 6.92 Å². The van der Waals surface area contributed by atoms with Gasteiger partial charge in [0.2, 0.25) is 0 Å². The van der Waals surface area contributed by atoms with Crippen molar-refractivity contribution in [1.29, 1.82) is 0 Å². The lowest BCUT2D eigenvalue weighted by atomic mass is 10.4. The molecule has 0 aromatic heterocycles. The first-order valence-corrected chi connectivity index (χ1v) is 7.20. The lowest BCUT2D eigenvalue weighted by Gasteiger charge is -2.23. The van der Waals surface area contributed by atoms with E-state index < -0.39 is 8.56 Å². The molecule has 0 aromatic rings. The van der Waals surface area contributed by atoms with Gasteiger partial charge < -0.3 is 8.85 Å². The molecular weight excluding hydrogens is 184 g/mol. The highest BCUT2D eigenvalue weighted by Crippen LogP contribution is 2.13. The summed E-state index contributed by atoms with van der Waals surface area (Å²) in [4.78, 5) is 0. The van der Waals surface area contributed by atoms with Crippen LogP contribution in [0, 0.1) is 0 Å². The summed E-state index contributed by atoms with van der Waals surface area (Å²) < 4.78 is 10.7. The molecule has 80 valence electrons. The Morgan fingerprint density at radius 1 is 1.31 bits per heavy atom. The van der Waals surface area contributed by atoms with Gasteiger partial charge in [-0.05, 0) is 19.0 Å². The molecule has 0 aromatic carbocycles. The third kappa shape index (κ3) is 5.38. The van der Waals surface area contributed by atoms with Crippen molar-refractivity contribution < 1.29 is 8.85 Å². The first kappa shape index (κ1) is 13.1. The lowest BCUT2D eigenvalue weighted by Crippen LogP contribution is -2.38. The highest BCUT2D eigenvalue weighted by Gasteiger charge is 2.27. The fourth-order valence-electron chi connectivity index (χ4n) is 1.05. The second kappa shape index (κ2) is 6.50. The number of nitrogens with two attached hydrogens (primary N) is 1. The summed E-state index contributed by atoms with van der Waals surface area (Å²) >= 11 is 0. The minimum Gasteiger partial charge on any atom is -0.398 e. The summed E-state index contributed by atoms with van der Waals surface area (Å²) in [5, 5.41) is 1.81. The molecule has 0 fully saturated rings. The van der Waals surface area contributed by atoms with Gasteiger partial charge in [-0.25, -0.2) is 5.01 Å². The smallest absolute Gasteiger partial charge is 0.334 e. The second-order valence-electron chi connectivity index (χ2n) is 3.27. The van der Waals surface area contributed by atoms with Gasteiger partial charge in [0, 0.05) is 27.3 Å². The van der Waals surface area contributed by atoms with Crippen molar-refractivity contribution >= 4 is 8.56 Å². The largest absolute Gasteiger partial charge is 0.398 e. The average molecular weight is 206 g/mol. The number of hydrogen-bond donors (Lipinski definition) is 1. The standard InChI is InChI=1S/C8H22N2O2Si/c1-5-10(9)7-6-8-13(4,11-2)12-3/h5-9H2,1-4H3. The molecule has 0 spiro atoms. The van der Waals surface area contributed by atoms with Gasteiger partial charge in [0.25, 0.3) is 0 Å². The zero-order valence-electron chi connectivity index (χ0n) is 9.17. The Kier molecular flexibility index (Phi) is 6.53. The molecule has 0 atom stereocenters. The van der Waals surface area contributed by atoms with E-state index in [0.717, 1.165) is 25.6 Å². The minimum atomic E-state index is -1.86. The molecule has 0 saturated heterocycles. The summed E-state index contributed by atoms with van der Waals surface area (Å²) in [5.41, 5.74) is 0. The zero-order chi connectivity index (χ0) is 10.3. The predicted molar refractivity (Wildman–Crippen MR) is 56.5 cm³/mol. The van der Waals surface area contributed by atoms with Crippen molar-refractivity contribution in [1.82, 2.24) is 5.01 Å². The molecule has 0 saturated carbocycles. The van der Waals surface area contributed by atoms with Crippen LogP contribution < -0.4 is 5.84 Å². The Hall–Kier alpha value is 0.0569. The number of rotatable bonds is 7. The molecule has 0 rings (SSSR count). The summed E-state index contributed by atoms with van der Waals surface area (Å²) in [7, 11) is 1.58. The van der Waals surface area contributed by atoms with Crippen LogP contribution in [0.25, 0.3) is 0 Å². The van der Waals surface area contributed by atoms with Crippen LogP contribution in [0.1, 0.15) is 13.3 Å². The molecule has 0 aliphatic heterocycles. The fourth-order valence-corrected chi connectivity index (χ4v) is 2.42. The van der Waals surface area contributed by atoms with Crippen molar-refractivity contribution in [3.05, 3.63) is 0 Å². The van der Waals surface area contributed by atoms with E-state index in [9.17, 15) is 0 Å². The molecular formula is C8H22N2O2Si. The topological polar surface area (TPSA) is 47.7 Å². The Balaban J connectivity index is 3.61. The van der Waals surface area contributed by atoms with Crippen LogP contribution in [0.2, 0.25) is 12.6 Å². The quantitative estimate of drug-likeness (QED) is 0.382. The highest BCUT2D eigenvalue weighted by molar-refractivity contribution is 6.65. The van der Waals surface area contributed by atoms with Crippen molar-refractivity contribution in [3.63, 3.8) is 0 Å². The van der Waals surface area contributed by atoms with Gasteiger partial charge in [0.05, 0.1) is 0 Å². The predicted octanol–water partition coefficient (Wildman–Crippen LogP) is 0.937. The summed E-state index contributed by atoms with van der Waals surface area (Å²) in [6, 6.07) is 0.994. The van der Waals surface area contributed by atoms with Crippen LogP contribution in [0.15, 0.2) is 0 Å². The minimum absolute atomic E-state index is 0.887. The summed E-state index contributed by atoms with van der Waals surface area (Å²) in [5.74, 6) is 5.65. The Morgan fingerprint density at radius 2 is 1.85 bits per heavy atom. The first-order valence-electron chi connectivity index (χ1n) is 4.68. The molecule has 0 aliphatic rings. The van der Waals surface area contributed by atoms with Crippen LogP contribution in [0.4, 0.5) is 0 Å². The molecule has 0 unspecified atom stereocenters. The van der Waals surface area contributed by atoms with E-state index in [-0.39, 0.29) is 0 Å². The molecule has 0 radical (unpaired) electrons. The molecule has 13 heavy (non-hydrogen) atoms. The van der Waals surface area contributed by atoms with E-state index in [2.05, 4.69) is 6.55 Å². The maximum atomic E-state index is 5.65. The molecule has 2 N–H and O–H groups in total. The van der Waals surface area contributed by atoms with E-state index in [4.69, 9.17) is 14.7 Å². The molecule has 0 bridgehead atoms. The molecule has 0 heterocycles. The van der Waals surface area contributed by atoms with E-state index in [1.54, 1.807) is 19.2 Å². The SMILES string of the molecule is CCN(N)CCC[Si](C)(OC)OC. The van der Waals surface area contributed by atoms with Crippen LogP contribution in [0.3, 0.4) is 0 Å². The van der Waals surface area contributed by atoms with Gasteiger partial charge in [-0.3, -0.25) is 5.84 Å². The van der Waals surface area contributed by atoms with Gasteiger partial charge in [-0.15, -0.1) is 0 Å². The van der Waals surface area contributed by atoms with Crippen LogP contribution in [-0.4, -0.2) is 40.9 Å². The monoisotopic (exact) mass is 206 g/mol. The normalized spacial score (nSPS) is 12.5. The molecule has 0 aliphatic carbocycles. The maximum Gasteiger partial charge on any atom is 0.334 e. The first-order chi connectivity index (χ1) is 6.08. The highest BCUT2D eigenvalue weighted by atomic mass is 28.4. The molecule has 5 heteroatoms. The van der Waals surface area contributed by atoms with E-state index in [0.29, 0.717) is 0 Å². The van der Waals surface area contributed by atoms with Gasteiger partial charge >= 0.3 is 8.56 Å². The maximum absolute atomic E-state index is 5.65. The van der Waals surface area contributed by atoms with Crippen molar-refractivity contribution in [2.24, 2.45) is 5.84 Å². The van der Waals surface area contributed by atoms with E-state index >= 15 is 0 Å². The Bertz CT molecular complexity index is 131. The van der Waals surface area contributed by atoms with Crippen LogP contribution in [0.5, 0.6) is 0 Å². The molecule has 0 amide bonds. The number of hydrogen-bond acceptors (Lipinski definition) is 4. The van der Waals surface area contributed by atoms with E-state index in [1.807, 2.05) is 6.92 Å². The fraction of sp³-hybridized carbons (Fsp3) is 1.00.